The second kappa shape index (κ2) is 7.83. The fraction of sp³-hybridized carbons (Fsp3) is 0.364. The van der Waals surface area contributed by atoms with E-state index in [0.717, 1.165) is 29.3 Å². The average Bonchev–Trinajstić information content (AvgIpc) is 3.34. The van der Waals surface area contributed by atoms with Gasteiger partial charge in [-0.1, -0.05) is 0 Å². The third-order valence-corrected chi connectivity index (χ3v) is 5.45. The maximum atomic E-state index is 13.7. The molecule has 3 aromatic rings. The first-order valence-corrected chi connectivity index (χ1v) is 9.74. The number of aliphatic hydroxyl groups is 1. The average molecular weight is 397 g/mol. The van der Waals surface area contributed by atoms with Gasteiger partial charge in [-0.2, -0.15) is 0 Å². The van der Waals surface area contributed by atoms with Gasteiger partial charge in [0, 0.05) is 36.5 Å². The number of fused-ring (bicyclic) bond motifs is 1. The summed E-state index contributed by atoms with van der Waals surface area (Å²) in [6.07, 6.45) is 6.43. The lowest BCUT2D eigenvalue weighted by Crippen LogP contribution is -2.39. The van der Waals surface area contributed by atoms with Crippen LogP contribution >= 0.6 is 0 Å². The minimum atomic E-state index is -0.395. The molecule has 6 nitrogen and oxygen atoms in total. The topological polar surface area (TPSA) is 76.4 Å². The molecule has 2 heterocycles. The molecule has 2 aromatic heterocycles. The Kier molecular flexibility index (Phi) is 5.24. The summed E-state index contributed by atoms with van der Waals surface area (Å²) in [7, 11) is 1.56. The van der Waals surface area contributed by atoms with Crippen molar-refractivity contribution in [3.8, 4) is 5.75 Å². The quantitative estimate of drug-likeness (QED) is 0.613. The predicted octanol–water partition coefficient (Wildman–Crippen LogP) is 3.07. The van der Waals surface area contributed by atoms with Gasteiger partial charge < -0.3 is 19.7 Å². The summed E-state index contributed by atoms with van der Waals surface area (Å²) < 4.78 is 21.0. The summed E-state index contributed by atoms with van der Waals surface area (Å²) in [6.45, 7) is 0.790. The van der Waals surface area contributed by atoms with E-state index in [4.69, 9.17) is 9.84 Å². The number of carbonyl (C=O) groups is 1. The van der Waals surface area contributed by atoms with Crippen LogP contribution in [0, 0.1) is 5.82 Å². The summed E-state index contributed by atoms with van der Waals surface area (Å²) in [5.74, 6) is 0.0570. The highest BCUT2D eigenvalue weighted by molar-refractivity contribution is 5.96. The molecule has 1 aliphatic rings. The lowest BCUT2D eigenvalue weighted by Gasteiger charge is -2.19. The second-order valence-corrected chi connectivity index (χ2v) is 7.58. The van der Waals surface area contributed by atoms with Gasteiger partial charge in [-0.05, 0) is 61.6 Å². The number of halogens is 1. The van der Waals surface area contributed by atoms with Crippen molar-refractivity contribution in [2.24, 2.45) is 0 Å². The SMILES string of the molecule is COc1ccc(F)cc1CC1(NC(=O)c2cc3c(ccn3CCCO)cn2)CC1. The van der Waals surface area contributed by atoms with E-state index < -0.39 is 5.54 Å². The van der Waals surface area contributed by atoms with Crippen LogP contribution in [0.2, 0.25) is 0 Å². The van der Waals surface area contributed by atoms with E-state index in [0.29, 0.717) is 30.8 Å². The van der Waals surface area contributed by atoms with Gasteiger partial charge in [-0.25, -0.2) is 4.39 Å². The number of ether oxygens (including phenoxy) is 1. The van der Waals surface area contributed by atoms with Crippen LogP contribution in [-0.4, -0.2) is 39.8 Å². The second-order valence-electron chi connectivity index (χ2n) is 7.58. The van der Waals surface area contributed by atoms with Crippen molar-refractivity contribution in [3.05, 3.63) is 59.8 Å². The number of carbonyl (C=O) groups excluding carboxylic acids is 1. The third-order valence-electron chi connectivity index (χ3n) is 5.45. The van der Waals surface area contributed by atoms with Gasteiger partial charge in [0.25, 0.3) is 5.91 Å². The van der Waals surface area contributed by atoms with Crippen LogP contribution in [0.5, 0.6) is 5.75 Å². The highest BCUT2D eigenvalue weighted by Crippen LogP contribution is 2.40. The summed E-state index contributed by atoms with van der Waals surface area (Å²) in [4.78, 5) is 17.2. The third kappa shape index (κ3) is 4.10. The number of amides is 1. The van der Waals surface area contributed by atoms with E-state index in [1.54, 1.807) is 25.4 Å². The monoisotopic (exact) mass is 397 g/mol. The van der Waals surface area contributed by atoms with Crippen LogP contribution in [0.4, 0.5) is 4.39 Å². The molecule has 0 saturated heterocycles. The van der Waals surface area contributed by atoms with E-state index >= 15 is 0 Å². The normalized spacial score (nSPS) is 14.7. The van der Waals surface area contributed by atoms with Gasteiger partial charge in [0.15, 0.2) is 0 Å². The zero-order valence-electron chi connectivity index (χ0n) is 16.3. The molecule has 4 rings (SSSR count). The van der Waals surface area contributed by atoms with Crippen LogP contribution in [-0.2, 0) is 13.0 Å². The molecule has 1 aromatic carbocycles. The Balaban J connectivity index is 1.52. The zero-order chi connectivity index (χ0) is 20.4. The van der Waals surface area contributed by atoms with Crippen molar-refractivity contribution in [2.75, 3.05) is 13.7 Å². The number of rotatable bonds is 8. The molecule has 0 radical (unpaired) electrons. The minimum Gasteiger partial charge on any atom is -0.496 e. The zero-order valence-corrected chi connectivity index (χ0v) is 16.3. The number of nitrogens with one attached hydrogen (secondary N) is 1. The first kappa shape index (κ1) is 19.4. The number of methoxy groups -OCH3 is 1. The number of aromatic nitrogens is 2. The fourth-order valence-electron chi connectivity index (χ4n) is 3.69. The Bertz CT molecular complexity index is 1040. The number of hydrogen-bond acceptors (Lipinski definition) is 4. The number of aliphatic hydroxyl groups excluding tert-OH is 1. The molecule has 0 atom stereocenters. The van der Waals surface area contributed by atoms with Gasteiger partial charge in [0.2, 0.25) is 0 Å². The summed E-state index contributed by atoms with van der Waals surface area (Å²) in [5.41, 5.74) is 1.61. The van der Waals surface area contributed by atoms with Gasteiger partial charge >= 0.3 is 0 Å². The van der Waals surface area contributed by atoms with E-state index in [-0.39, 0.29) is 18.3 Å². The number of pyridine rings is 1. The largest absolute Gasteiger partial charge is 0.496 e. The Morgan fingerprint density at radius 2 is 2.17 bits per heavy atom. The van der Waals surface area contributed by atoms with Crippen LogP contribution in [0.25, 0.3) is 10.9 Å². The number of benzene rings is 1. The molecule has 152 valence electrons. The molecule has 1 fully saturated rings. The standard InChI is InChI=1S/C22H24FN3O3/c1-29-20-4-3-17(23)11-16(20)13-22(6-7-22)25-21(28)18-12-19-15(14-24-18)5-9-26(19)8-2-10-27/h3-5,9,11-12,14,27H,2,6-8,10,13H2,1H3,(H,25,28). The van der Waals surface area contributed by atoms with Crippen LogP contribution in [0.1, 0.15) is 35.3 Å². The molecule has 1 aliphatic carbocycles. The molecule has 0 aliphatic heterocycles. The minimum absolute atomic E-state index is 0.115. The lowest BCUT2D eigenvalue weighted by molar-refractivity contribution is 0.0926. The van der Waals surface area contributed by atoms with Crippen molar-refractivity contribution in [1.29, 1.82) is 0 Å². The van der Waals surface area contributed by atoms with Gasteiger partial charge in [0.1, 0.15) is 17.3 Å². The van der Waals surface area contributed by atoms with Gasteiger partial charge in [-0.3, -0.25) is 9.78 Å². The molecule has 1 saturated carbocycles. The van der Waals surface area contributed by atoms with E-state index in [9.17, 15) is 9.18 Å². The van der Waals surface area contributed by atoms with E-state index in [2.05, 4.69) is 10.3 Å². The molecule has 7 heteroatoms. The van der Waals surface area contributed by atoms with Crippen LogP contribution < -0.4 is 10.1 Å². The number of nitrogens with zero attached hydrogens (tertiary/aromatic N) is 2. The summed E-state index contributed by atoms with van der Waals surface area (Å²) in [6, 6.07) is 8.16. The Morgan fingerprint density at radius 1 is 1.34 bits per heavy atom. The van der Waals surface area contributed by atoms with E-state index in [1.165, 1.54) is 12.1 Å². The highest BCUT2D eigenvalue weighted by atomic mass is 19.1. The fourth-order valence-corrected chi connectivity index (χ4v) is 3.69. The van der Waals surface area contributed by atoms with E-state index in [1.807, 2.05) is 16.8 Å². The number of hydrogen-bond donors (Lipinski definition) is 2. The number of aryl methyl sites for hydroxylation is 1. The van der Waals surface area contributed by atoms with Crippen LogP contribution in [0.15, 0.2) is 42.7 Å². The lowest BCUT2D eigenvalue weighted by atomic mass is 10.0. The molecule has 2 N–H and O–H groups in total. The molecule has 1 amide bonds. The Hall–Kier alpha value is -2.93. The molecule has 0 spiro atoms. The summed E-state index contributed by atoms with van der Waals surface area (Å²) >= 11 is 0. The Labute approximate surface area is 168 Å². The predicted molar refractivity (Wildman–Crippen MR) is 108 cm³/mol. The summed E-state index contributed by atoms with van der Waals surface area (Å²) in [5, 5.41) is 13.1. The van der Waals surface area contributed by atoms with Crippen LogP contribution in [0.3, 0.4) is 0 Å². The van der Waals surface area contributed by atoms with Gasteiger partial charge in [0.05, 0.1) is 12.6 Å². The van der Waals surface area contributed by atoms with Gasteiger partial charge in [-0.15, -0.1) is 0 Å². The molecule has 0 bridgehead atoms. The first-order chi connectivity index (χ1) is 14.0. The molecule has 29 heavy (non-hydrogen) atoms. The van der Waals surface area contributed by atoms with Crippen molar-refractivity contribution >= 4 is 16.8 Å². The van der Waals surface area contributed by atoms with Crippen molar-refractivity contribution in [3.63, 3.8) is 0 Å². The van der Waals surface area contributed by atoms with Crippen molar-refractivity contribution in [2.45, 2.75) is 37.8 Å². The molecular weight excluding hydrogens is 373 g/mol. The molecule has 0 unspecified atom stereocenters. The smallest absolute Gasteiger partial charge is 0.270 e. The maximum Gasteiger partial charge on any atom is 0.270 e. The Morgan fingerprint density at radius 3 is 2.90 bits per heavy atom. The van der Waals surface area contributed by atoms with Crippen molar-refractivity contribution in [1.82, 2.24) is 14.9 Å². The molecular formula is C22H24FN3O3. The maximum absolute atomic E-state index is 13.7. The highest BCUT2D eigenvalue weighted by Gasteiger charge is 2.44. The first-order valence-electron chi connectivity index (χ1n) is 9.74. The van der Waals surface area contributed by atoms with Crippen molar-refractivity contribution < 1.29 is 19.0 Å².